The van der Waals surface area contributed by atoms with Gasteiger partial charge in [0.1, 0.15) is 41.3 Å². The minimum atomic E-state index is -0.828. The van der Waals surface area contributed by atoms with Crippen LogP contribution in [0.25, 0.3) is 43.4 Å². The molecule has 7 fully saturated rings. The fourth-order valence-electron chi connectivity index (χ4n) is 14.8. The number of aromatic nitrogens is 5. The van der Waals surface area contributed by atoms with Crippen molar-refractivity contribution in [1.82, 2.24) is 50.4 Å². The van der Waals surface area contributed by atoms with Crippen LogP contribution in [0.1, 0.15) is 114 Å². The fourth-order valence-corrected chi connectivity index (χ4v) is 15.6. The molecule has 18 nitrogen and oxygen atoms in total. The molecule has 7 aliphatic heterocycles. The van der Waals surface area contributed by atoms with Crippen LogP contribution in [0.4, 0.5) is 16.0 Å². The number of phenolic OH excluding ortho intramolecular Hbond substituents is 1. The van der Waals surface area contributed by atoms with Crippen LogP contribution in [0.15, 0.2) is 76.9 Å². The summed E-state index contributed by atoms with van der Waals surface area (Å²) in [4.78, 5) is 60.1. The van der Waals surface area contributed by atoms with Crippen LogP contribution in [0.5, 0.6) is 11.8 Å². The van der Waals surface area contributed by atoms with E-state index in [4.69, 9.17) is 24.2 Å². The number of β-amino-alcohol motifs (C(OH)–C–C–N with tert-alkyl or cyclic N) is 1. The summed E-state index contributed by atoms with van der Waals surface area (Å²) in [6, 6.07) is 19.1. The molecule has 2 bridgehead atoms. The van der Waals surface area contributed by atoms with Crippen molar-refractivity contribution in [2.75, 3.05) is 75.3 Å². The van der Waals surface area contributed by atoms with Gasteiger partial charge in [-0.15, -0.1) is 11.3 Å². The quantitative estimate of drug-likeness (QED) is 0.0715. The van der Waals surface area contributed by atoms with Crippen LogP contribution in [-0.4, -0.2) is 163 Å². The van der Waals surface area contributed by atoms with E-state index >= 15 is 4.39 Å². The van der Waals surface area contributed by atoms with E-state index in [9.17, 15) is 19.8 Å². The number of fused-ring (bicyclic) bond motifs is 7. The molecular formula is C64H77FN12O6S. The zero-order valence-electron chi connectivity index (χ0n) is 48.8. The van der Waals surface area contributed by atoms with Gasteiger partial charge >= 0.3 is 6.01 Å². The number of nitrogens with one attached hydrogen (secondary N) is 2. The van der Waals surface area contributed by atoms with Gasteiger partial charge in [0.2, 0.25) is 11.8 Å². The Morgan fingerprint density at radius 3 is 2.60 bits per heavy atom. The molecule has 84 heavy (non-hydrogen) atoms. The summed E-state index contributed by atoms with van der Waals surface area (Å²) in [5.41, 5.74) is 6.51. The highest BCUT2D eigenvalue weighted by Crippen LogP contribution is 2.45. The van der Waals surface area contributed by atoms with E-state index in [1.807, 2.05) is 81.7 Å². The van der Waals surface area contributed by atoms with Crippen LogP contribution < -0.4 is 25.2 Å². The predicted molar refractivity (Wildman–Crippen MR) is 323 cm³/mol. The zero-order chi connectivity index (χ0) is 58.0. The lowest BCUT2D eigenvalue weighted by molar-refractivity contribution is -0.141. The number of anilines is 2. The molecule has 3 aromatic carbocycles. The summed E-state index contributed by atoms with van der Waals surface area (Å²) in [5, 5.41) is 35.4. The lowest BCUT2D eigenvalue weighted by atomic mass is 9.91. The number of piperazine rings is 2. The van der Waals surface area contributed by atoms with Crippen molar-refractivity contribution < 1.29 is 33.5 Å². The molecule has 8 atom stereocenters. The van der Waals surface area contributed by atoms with Gasteiger partial charge in [0.05, 0.1) is 39.2 Å². The lowest BCUT2D eigenvalue weighted by Gasteiger charge is -2.39. The molecule has 0 aliphatic carbocycles. The van der Waals surface area contributed by atoms with Gasteiger partial charge in [0.15, 0.2) is 17.4 Å². The number of ether oxygens (including phenoxy) is 1. The van der Waals surface area contributed by atoms with Gasteiger partial charge in [-0.3, -0.25) is 24.4 Å². The zero-order valence-corrected chi connectivity index (χ0v) is 49.6. The number of halogens is 1. The Morgan fingerprint density at radius 1 is 0.976 bits per heavy atom. The number of hydrogen-bond acceptors (Lipinski definition) is 17. The number of aryl methyl sites for hydroxylation is 2. The standard InChI is InChI=1S/C64H77FN12O6S/c1-6-40-10-7-11-43-26-47(78)27-49(55(40)43)57-56(65)58-50(31-67-57)60(75-32-44-12-8-13-45(75)30-66-44)71-63(70-58)82-35-64-19-9-21-77(64)46(18-20-64)33-73-22-24-74(25-23-73)53-29-52(83-72-53)54(37(2)3)62(81)76-34-48(79)28-51(76)61(80)69-38(4)41-14-16-42(17-15-41)59-39(5)68-36-84-59/h7,10-11,14-17,26-27,29,31,36-38,44-46,48,51,54,66,78-79H,6,8-9,12-13,18-25,28,30,32-35H2,1-5H3,(H,69,80)/t38-,44?,45?,46-,48+,51-,54+,64-/m0/s1. The number of carbonyl (C=O) groups is 2. The predicted octanol–water partition coefficient (Wildman–Crippen LogP) is 8.78. The van der Waals surface area contributed by atoms with Crippen molar-refractivity contribution in [3.8, 4) is 33.5 Å². The minimum absolute atomic E-state index is 0.0460. The van der Waals surface area contributed by atoms with E-state index in [1.54, 1.807) is 29.7 Å². The van der Waals surface area contributed by atoms with Gasteiger partial charge in [0.25, 0.3) is 0 Å². The Balaban J connectivity index is 0.664. The number of pyridine rings is 1. The molecule has 14 rings (SSSR count). The number of nitrogens with zero attached hydrogens (tertiary/aromatic N) is 10. The van der Waals surface area contributed by atoms with Crippen molar-refractivity contribution in [2.45, 2.75) is 140 Å². The number of benzene rings is 3. The van der Waals surface area contributed by atoms with Crippen LogP contribution in [0.3, 0.4) is 0 Å². The Morgan fingerprint density at radius 2 is 1.81 bits per heavy atom. The smallest absolute Gasteiger partial charge is 0.319 e. The lowest BCUT2D eigenvalue weighted by Crippen LogP contribution is -2.54. The summed E-state index contributed by atoms with van der Waals surface area (Å²) in [6.07, 6.45) is 9.04. The molecule has 2 amide bonds. The summed E-state index contributed by atoms with van der Waals surface area (Å²) in [7, 11) is 0. The monoisotopic (exact) mass is 1160 g/mol. The summed E-state index contributed by atoms with van der Waals surface area (Å²) in [5.74, 6) is -0.137. The molecule has 2 unspecified atom stereocenters. The Labute approximate surface area is 493 Å². The summed E-state index contributed by atoms with van der Waals surface area (Å²) in [6.45, 7) is 17.0. The number of hydrogen-bond donors (Lipinski definition) is 4. The van der Waals surface area contributed by atoms with Crippen molar-refractivity contribution in [3.63, 3.8) is 0 Å². The molecule has 4 aromatic heterocycles. The van der Waals surface area contributed by atoms with Crippen LogP contribution in [-0.2, 0) is 16.0 Å². The molecule has 7 aromatic rings. The number of rotatable bonds is 16. The summed E-state index contributed by atoms with van der Waals surface area (Å²) >= 11 is 1.59. The number of likely N-dealkylation sites (tertiary alicyclic amines) is 1. The first kappa shape index (κ1) is 56.3. The Hall–Kier alpha value is -6.84. The van der Waals surface area contributed by atoms with Crippen LogP contribution in [0.2, 0.25) is 0 Å². The first-order valence-electron chi connectivity index (χ1n) is 30.5. The third-order valence-electron chi connectivity index (χ3n) is 19.3. The number of carbonyl (C=O) groups excluding carboxylic acids is 2. The van der Waals surface area contributed by atoms with Crippen molar-refractivity contribution in [2.24, 2.45) is 5.92 Å². The van der Waals surface area contributed by atoms with Gasteiger partial charge in [-0.25, -0.2) is 9.37 Å². The second-order valence-corrected chi connectivity index (χ2v) is 25.7. The van der Waals surface area contributed by atoms with E-state index in [0.29, 0.717) is 47.0 Å². The van der Waals surface area contributed by atoms with E-state index in [0.717, 1.165) is 142 Å². The number of aliphatic hydroxyl groups is 1. The third kappa shape index (κ3) is 10.6. The average Bonchev–Trinajstić information content (AvgIpc) is 1.70. The maximum atomic E-state index is 17.5. The number of phenols is 1. The van der Waals surface area contributed by atoms with E-state index < -0.39 is 23.9 Å². The van der Waals surface area contributed by atoms with Gasteiger partial charge in [-0.1, -0.05) is 68.4 Å². The molecule has 20 heteroatoms. The molecule has 11 heterocycles. The van der Waals surface area contributed by atoms with Crippen LogP contribution >= 0.6 is 11.3 Å². The minimum Gasteiger partial charge on any atom is -0.508 e. The van der Waals surface area contributed by atoms with Crippen LogP contribution in [0, 0.1) is 18.7 Å². The van der Waals surface area contributed by atoms with Crippen molar-refractivity contribution in [1.29, 1.82) is 0 Å². The van der Waals surface area contributed by atoms with Gasteiger partial charge in [0, 0.05) is 94.7 Å². The van der Waals surface area contributed by atoms with E-state index in [2.05, 4.69) is 47.3 Å². The fraction of sp³-hybridized carbons (Fsp3) is 0.516. The Bertz CT molecular complexity index is 3570. The van der Waals surface area contributed by atoms with E-state index in [1.165, 1.54) is 4.90 Å². The second-order valence-electron chi connectivity index (χ2n) is 24.8. The molecule has 7 aliphatic rings. The van der Waals surface area contributed by atoms with E-state index in [-0.39, 0.29) is 71.3 Å². The van der Waals surface area contributed by atoms with Crippen molar-refractivity contribution >= 4 is 56.5 Å². The molecule has 442 valence electrons. The number of aromatic hydroxyl groups is 1. The molecule has 0 spiro atoms. The maximum Gasteiger partial charge on any atom is 0.319 e. The SMILES string of the molecule is CCc1cccc2cc(O)cc(-c3ncc4c(N5CC6CCCC5CN6)nc(OC[C@@]56CCCN5[C@H](CN5CCN(c7cc([C@H](C(=O)N8C[C@H](O)C[C@H]8C(=O)N[C@@H](C)c8ccc(-c9scnc9C)cc8)C(C)C)on7)CC5)CC6)nc4c3F)c12. The van der Waals surface area contributed by atoms with Crippen molar-refractivity contribution in [3.05, 3.63) is 101 Å². The molecular weight excluding hydrogens is 1080 g/mol. The highest BCUT2D eigenvalue weighted by molar-refractivity contribution is 7.13. The highest BCUT2D eigenvalue weighted by atomic mass is 32.1. The second kappa shape index (κ2) is 23.2. The number of aliphatic hydroxyl groups excluding tert-OH is 1. The van der Waals surface area contributed by atoms with Gasteiger partial charge < -0.3 is 44.8 Å². The molecule has 7 saturated heterocycles. The summed E-state index contributed by atoms with van der Waals surface area (Å²) < 4.78 is 30.3. The number of thiazole rings is 1. The molecule has 0 saturated carbocycles. The third-order valence-corrected chi connectivity index (χ3v) is 20.2. The van der Waals surface area contributed by atoms with Gasteiger partial charge in [-0.2, -0.15) is 9.97 Å². The Kier molecular flexibility index (Phi) is 15.6. The first-order valence-corrected chi connectivity index (χ1v) is 31.3. The number of amides is 2. The highest BCUT2D eigenvalue weighted by Gasteiger charge is 2.51. The first-order chi connectivity index (χ1) is 40.7. The molecule has 4 N–H and O–H groups in total. The van der Waals surface area contributed by atoms with Gasteiger partial charge in [-0.05, 0) is 117 Å². The molecule has 0 radical (unpaired) electrons. The normalized spacial score (nSPS) is 24.6. The topological polar surface area (TPSA) is 202 Å². The average molecular weight is 1160 g/mol. The largest absolute Gasteiger partial charge is 0.508 e. The maximum absolute atomic E-state index is 17.5.